The third-order valence-corrected chi connectivity index (χ3v) is 6.79. The number of hydrogen-bond acceptors (Lipinski definition) is 6. The molecule has 0 spiro atoms. The van der Waals surface area contributed by atoms with Crippen molar-refractivity contribution in [1.82, 2.24) is 24.8 Å². The number of aryl methyl sites for hydroxylation is 2. The number of hydrogen-bond donors (Lipinski definition) is 1. The summed E-state index contributed by atoms with van der Waals surface area (Å²) in [6.45, 7) is 6.30. The maximum absolute atomic E-state index is 12.9. The van der Waals surface area contributed by atoms with Crippen LogP contribution in [0.4, 0.5) is 11.8 Å². The van der Waals surface area contributed by atoms with Crippen LogP contribution in [0.15, 0.2) is 24.3 Å². The number of nitrogens with zero attached hydrogens (tertiary/aromatic N) is 5. The number of likely N-dealkylation sites (tertiary alicyclic amines) is 1. The molecule has 0 radical (unpaired) electrons. The molecular weight excluding hydrogens is 400 g/mol. The molecule has 32 heavy (non-hydrogen) atoms. The zero-order valence-electron chi connectivity index (χ0n) is 19.7. The van der Waals surface area contributed by atoms with Crippen molar-refractivity contribution < 1.29 is 4.79 Å². The highest BCUT2D eigenvalue weighted by Gasteiger charge is 2.27. The zero-order valence-corrected chi connectivity index (χ0v) is 19.7. The van der Waals surface area contributed by atoms with Gasteiger partial charge in [0.15, 0.2) is 0 Å². The van der Waals surface area contributed by atoms with Gasteiger partial charge in [0.2, 0.25) is 11.9 Å². The van der Waals surface area contributed by atoms with Gasteiger partial charge >= 0.3 is 0 Å². The van der Waals surface area contributed by atoms with Crippen molar-refractivity contribution in [2.75, 3.05) is 32.0 Å². The summed E-state index contributed by atoms with van der Waals surface area (Å²) in [5, 5.41) is 3.25. The molecular formula is C25H36N6O. The number of pyridine rings is 1. The van der Waals surface area contributed by atoms with Crippen LogP contribution in [0.1, 0.15) is 67.9 Å². The fourth-order valence-corrected chi connectivity index (χ4v) is 5.06. The van der Waals surface area contributed by atoms with Crippen LogP contribution in [0.5, 0.6) is 0 Å². The highest BCUT2D eigenvalue weighted by atomic mass is 16.2. The van der Waals surface area contributed by atoms with Crippen LogP contribution < -0.4 is 5.32 Å². The number of aromatic nitrogens is 3. The Morgan fingerprint density at radius 1 is 1.06 bits per heavy atom. The molecule has 2 aromatic heterocycles. The number of carbonyl (C=O) groups is 1. The first-order valence-electron chi connectivity index (χ1n) is 12.0. The van der Waals surface area contributed by atoms with Crippen molar-refractivity contribution in [3.05, 3.63) is 41.3 Å². The van der Waals surface area contributed by atoms with E-state index in [4.69, 9.17) is 4.98 Å². The molecule has 172 valence electrons. The predicted octanol–water partition coefficient (Wildman–Crippen LogP) is 4.20. The average molecular weight is 437 g/mol. The molecule has 0 unspecified atom stereocenters. The van der Waals surface area contributed by atoms with Crippen LogP contribution in [0.3, 0.4) is 0 Å². The van der Waals surface area contributed by atoms with Gasteiger partial charge in [-0.3, -0.25) is 9.69 Å². The summed E-state index contributed by atoms with van der Waals surface area (Å²) in [6.07, 6.45) is 8.29. The van der Waals surface area contributed by atoms with E-state index in [-0.39, 0.29) is 5.91 Å². The summed E-state index contributed by atoms with van der Waals surface area (Å²) in [7, 11) is 1.99. The van der Waals surface area contributed by atoms with E-state index >= 15 is 0 Å². The Morgan fingerprint density at radius 2 is 1.81 bits per heavy atom. The molecule has 1 aliphatic heterocycles. The van der Waals surface area contributed by atoms with Gasteiger partial charge in [0.1, 0.15) is 5.82 Å². The molecule has 4 rings (SSSR count). The topological polar surface area (TPSA) is 74.2 Å². The Kier molecular flexibility index (Phi) is 7.35. The first kappa shape index (κ1) is 22.6. The third kappa shape index (κ3) is 5.82. The molecule has 2 aliphatic rings. The molecule has 2 aromatic rings. The molecule has 3 heterocycles. The van der Waals surface area contributed by atoms with Crippen molar-refractivity contribution in [2.45, 2.75) is 70.8 Å². The zero-order chi connectivity index (χ0) is 22.5. The van der Waals surface area contributed by atoms with E-state index in [0.717, 1.165) is 61.7 Å². The van der Waals surface area contributed by atoms with Gasteiger partial charge in [-0.15, -0.1) is 0 Å². The van der Waals surface area contributed by atoms with Gasteiger partial charge in [-0.1, -0.05) is 25.3 Å². The molecule has 1 aliphatic carbocycles. The monoisotopic (exact) mass is 436 g/mol. The van der Waals surface area contributed by atoms with E-state index in [1.54, 1.807) is 0 Å². The van der Waals surface area contributed by atoms with Crippen LogP contribution in [0.25, 0.3) is 0 Å². The lowest BCUT2D eigenvalue weighted by molar-refractivity contribution is -0.134. The van der Waals surface area contributed by atoms with Crippen molar-refractivity contribution in [2.24, 2.45) is 0 Å². The van der Waals surface area contributed by atoms with E-state index in [9.17, 15) is 4.79 Å². The Morgan fingerprint density at radius 3 is 2.56 bits per heavy atom. The second-order valence-electron chi connectivity index (χ2n) is 9.42. The Balaban J connectivity index is 1.37. The highest BCUT2D eigenvalue weighted by molar-refractivity contribution is 5.78. The van der Waals surface area contributed by atoms with Crippen LogP contribution >= 0.6 is 0 Å². The molecule has 2 fully saturated rings. The molecule has 1 N–H and O–H groups in total. The first-order valence-corrected chi connectivity index (χ1v) is 12.0. The number of piperidine rings is 1. The van der Waals surface area contributed by atoms with Gasteiger partial charge < -0.3 is 10.2 Å². The van der Waals surface area contributed by atoms with E-state index in [1.165, 1.54) is 19.3 Å². The molecule has 1 saturated carbocycles. The maximum Gasteiger partial charge on any atom is 0.236 e. The molecule has 7 nitrogen and oxygen atoms in total. The quantitative estimate of drug-likeness (QED) is 0.731. The second-order valence-corrected chi connectivity index (χ2v) is 9.42. The van der Waals surface area contributed by atoms with Gasteiger partial charge in [-0.2, -0.15) is 0 Å². The van der Waals surface area contributed by atoms with Crippen molar-refractivity contribution in [1.29, 1.82) is 0 Å². The van der Waals surface area contributed by atoms with Crippen LogP contribution in [-0.2, 0) is 4.79 Å². The normalized spacial score (nSPS) is 20.2. The minimum Gasteiger partial charge on any atom is -0.342 e. The molecule has 0 aromatic carbocycles. The minimum absolute atomic E-state index is 0.257. The van der Waals surface area contributed by atoms with Gasteiger partial charge in [-0.25, -0.2) is 15.0 Å². The van der Waals surface area contributed by atoms with E-state index in [2.05, 4.69) is 26.3 Å². The smallest absolute Gasteiger partial charge is 0.236 e. The Hall–Kier alpha value is -2.54. The summed E-state index contributed by atoms with van der Waals surface area (Å²) in [6, 6.07) is 8.46. The summed E-state index contributed by atoms with van der Waals surface area (Å²) < 4.78 is 0. The summed E-state index contributed by atoms with van der Waals surface area (Å²) in [5.74, 6) is 1.93. The van der Waals surface area contributed by atoms with E-state index in [0.29, 0.717) is 24.5 Å². The molecule has 0 bridgehead atoms. The number of nitrogens with one attached hydrogen (secondary N) is 1. The van der Waals surface area contributed by atoms with Gasteiger partial charge in [0.05, 0.1) is 6.54 Å². The van der Waals surface area contributed by atoms with Crippen LogP contribution in [0.2, 0.25) is 0 Å². The summed E-state index contributed by atoms with van der Waals surface area (Å²) >= 11 is 0. The maximum atomic E-state index is 12.9. The number of carbonyl (C=O) groups excluding carboxylic acids is 1. The van der Waals surface area contributed by atoms with Crippen molar-refractivity contribution in [3.8, 4) is 0 Å². The SMILES string of the molecule is Cc1cc(C)nc(Nc2cccc([C@H]3CCCN(CC(=O)N(C)C4CCCCC4)C3)n2)n1. The van der Waals surface area contributed by atoms with E-state index in [1.807, 2.05) is 44.0 Å². The minimum atomic E-state index is 0.257. The predicted molar refractivity (Wildman–Crippen MR) is 127 cm³/mol. The highest BCUT2D eigenvalue weighted by Crippen LogP contribution is 2.27. The number of amides is 1. The fraction of sp³-hybridized carbons (Fsp3) is 0.600. The van der Waals surface area contributed by atoms with Crippen LogP contribution in [0, 0.1) is 13.8 Å². The molecule has 1 amide bonds. The largest absolute Gasteiger partial charge is 0.342 e. The van der Waals surface area contributed by atoms with E-state index < -0.39 is 0 Å². The lowest BCUT2D eigenvalue weighted by atomic mass is 9.93. The summed E-state index contributed by atoms with van der Waals surface area (Å²) in [5.41, 5.74) is 2.93. The fourth-order valence-electron chi connectivity index (χ4n) is 5.06. The number of rotatable bonds is 6. The van der Waals surface area contributed by atoms with Gasteiger partial charge in [0.25, 0.3) is 0 Å². The lowest BCUT2D eigenvalue weighted by Gasteiger charge is -2.36. The molecule has 7 heteroatoms. The molecule has 1 saturated heterocycles. The number of anilines is 2. The Bertz CT molecular complexity index is 906. The third-order valence-electron chi connectivity index (χ3n) is 6.79. The van der Waals surface area contributed by atoms with Crippen LogP contribution in [-0.4, -0.2) is 63.4 Å². The van der Waals surface area contributed by atoms with Crippen molar-refractivity contribution in [3.63, 3.8) is 0 Å². The average Bonchev–Trinajstić information content (AvgIpc) is 2.79. The van der Waals surface area contributed by atoms with Gasteiger partial charge in [0, 0.05) is 42.6 Å². The molecule has 1 atom stereocenters. The Labute approximate surface area is 191 Å². The standard InChI is InChI=1S/C25H36N6O/c1-18-15-19(2)27-25(26-18)29-23-13-7-12-22(28-23)20-9-8-14-31(16-20)17-24(32)30(3)21-10-5-4-6-11-21/h7,12-13,15,20-21H,4-6,8-11,14,16-17H2,1-3H3,(H,26,27,28,29)/t20-/m0/s1. The summed E-state index contributed by atoms with van der Waals surface area (Å²) in [4.78, 5) is 31.0. The number of likely N-dealkylation sites (N-methyl/N-ethyl adjacent to an activating group) is 1. The lowest BCUT2D eigenvalue weighted by Crippen LogP contribution is -2.46. The van der Waals surface area contributed by atoms with Crippen molar-refractivity contribution >= 4 is 17.7 Å². The first-order chi connectivity index (χ1) is 15.5. The van der Waals surface area contributed by atoms with Gasteiger partial charge in [-0.05, 0) is 64.3 Å². The second kappa shape index (κ2) is 10.4.